The van der Waals surface area contributed by atoms with Crippen molar-refractivity contribution in [1.29, 1.82) is 0 Å². The Bertz CT molecular complexity index is 927. The number of primary amides is 1. The lowest BCUT2D eigenvalue weighted by atomic mass is 9.98. The first-order valence-electron chi connectivity index (χ1n) is 8.13. The van der Waals surface area contributed by atoms with Crippen LogP contribution in [0.15, 0.2) is 48.5 Å². The normalized spacial score (nSPS) is 12.1. The zero-order valence-corrected chi connectivity index (χ0v) is 15.8. The molecule has 27 heavy (non-hydrogen) atoms. The van der Waals surface area contributed by atoms with Crippen molar-refractivity contribution in [2.45, 2.75) is 19.4 Å². The molecule has 8 nitrogen and oxygen atoms in total. The summed E-state index contributed by atoms with van der Waals surface area (Å²) in [6.07, 6.45) is 1.05. The fourth-order valence-corrected chi connectivity index (χ4v) is 3.19. The number of carbonyl (C=O) groups is 2. The van der Waals surface area contributed by atoms with Crippen molar-refractivity contribution in [3.8, 4) is 0 Å². The van der Waals surface area contributed by atoms with E-state index in [4.69, 9.17) is 5.73 Å². The second-order valence-electron chi connectivity index (χ2n) is 6.12. The lowest BCUT2D eigenvalue weighted by molar-refractivity contribution is -0.116. The Kier molecular flexibility index (Phi) is 6.40. The summed E-state index contributed by atoms with van der Waals surface area (Å²) in [7, 11) is -3.36. The molecule has 0 radical (unpaired) electrons. The van der Waals surface area contributed by atoms with Crippen LogP contribution in [0.1, 0.15) is 23.6 Å². The third-order valence-electron chi connectivity index (χ3n) is 3.74. The number of rotatable bonds is 7. The number of carbonyl (C=O) groups excluding carboxylic acids is 2. The molecule has 2 aromatic rings. The van der Waals surface area contributed by atoms with Crippen LogP contribution in [0.3, 0.4) is 0 Å². The van der Waals surface area contributed by atoms with E-state index in [1.807, 2.05) is 31.2 Å². The average Bonchev–Trinajstić information content (AvgIpc) is 2.55. The van der Waals surface area contributed by atoms with E-state index in [1.165, 1.54) is 12.1 Å². The van der Waals surface area contributed by atoms with Gasteiger partial charge in [0.1, 0.15) is 0 Å². The van der Waals surface area contributed by atoms with Crippen molar-refractivity contribution in [1.82, 2.24) is 5.32 Å². The highest BCUT2D eigenvalue weighted by Gasteiger charge is 2.19. The molecule has 2 rings (SSSR count). The number of benzene rings is 2. The Balaban J connectivity index is 2.07. The van der Waals surface area contributed by atoms with Gasteiger partial charge >= 0.3 is 6.03 Å². The van der Waals surface area contributed by atoms with Crippen LogP contribution in [0.5, 0.6) is 0 Å². The quantitative estimate of drug-likeness (QED) is 0.577. The smallest absolute Gasteiger partial charge is 0.312 e. The Morgan fingerprint density at radius 1 is 1.04 bits per heavy atom. The number of nitrogens with one attached hydrogen (secondary N) is 3. The van der Waals surface area contributed by atoms with Gasteiger partial charge in [0.2, 0.25) is 15.9 Å². The molecule has 0 aliphatic carbocycles. The molecule has 0 fully saturated rings. The van der Waals surface area contributed by atoms with Crippen molar-refractivity contribution >= 4 is 33.3 Å². The highest BCUT2D eigenvalue weighted by molar-refractivity contribution is 7.92. The summed E-state index contributed by atoms with van der Waals surface area (Å²) in [5, 5.41) is 5.31. The Labute approximate surface area is 158 Å². The third-order valence-corrected chi connectivity index (χ3v) is 4.35. The molecule has 144 valence electrons. The summed E-state index contributed by atoms with van der Waals surface area (Å²) in [6, 6.07) is 12.4. The van der Waals surface area contributed by atoms with Crippen LogP contribution in [0.25, 0.3) is 0 Å². The van der Waals surface area contributed by atoms with Crippen LogP contribution in [0.4, 0.5) is 16.2 Å². The molecule has 1 unspecified atom stereocenters. The van der Waals surface area contributed by atoms with Gasteiger partial charge in [-0.3, -0.25) is 9.52 Å². The van der Waals surface area contributed by atoms with Crippen LogP contribution in [0, 0.1) is 6.92 Å². The summed E-state index contributed by atoms with van der Waals surface area (Å²) in [5.41, 5.74) is 7.87. The van der Waals surface area contributed by atoms with E-state index in [-0.39, 0.29) is 12.3 Å². The van der Waals surface area contributed by atoms with E-state index in [1.54, 1.807) is 12.1 Å². The van der Waals surface area contributed by atoms with Crippen LogP contribution < -0.4 is 21.1 Å². The molecule has 0 saturated carbocycles. The second-order valence-corrected chi connectivity index (χ2v) is 7.87. The second kappa shape index (κ2) is 8.54. The molecule has 0 heterocycles. The molecular weight excluding hydrogens is 368 g/mol. The summed E-state index contributed by atoms with van der Waals surface area (Å²) < 4.78 is 24.8. The number of hydrogen-bond donors (Lipinski definition) is 4. The molecule has 0 spiro atoms. The van der Waals surface area contributed by atoms with Crippen molar-refractivity contribution < 1.29 is 18.0 Å². The lowest BCUT2D eigenvalue weighted by Gasteiger charge is -2.19. The Morgan fingerprint density at radius 3 is 2.19 bits per heavy atom. The molecule has 0 aromatic heterocycles. The molecule has 1 atom stereocenters. The lowest BCUT2D eigenvalue weighted by Crippen LogP contribution is -2.35. The van der Waals surface area contributed by atoms with E-state index in [9.17, 15) is 18.0 Å². The fraction of sp³-hybridized carbons (Fsp3) is 0.222. The first kappa shape index (κ1) is 20.2. The number of sulfonamides is 1. The minimum atomic E-state index is -3.36. The van der Waals surface area contributed by atoms with Crippen molar-refractivity contribution in [2.24, 2.45) is 5.73 Å². The maximum absolute atomic E-state index is 12.4. The van der Waals surface area contributed by atoms with Crippen LogP contribution in [-0.2, 0) is 14.8 Å². The highest BCUT2D eigenvalue weighted by atomic mass is 32.2. The molecule has 0 aliphatic rings. The van der Waals surface area contributed by atoms with Gasteiger partial charge in [-0.05, 0) is 42.3 Å². The van der Waals surface area contributed by atoms with E-state index < -0.39 is 22.1 Å². The molecule has 2 aromatic carbocycles. The van der Waals surface area contributed by atoms with Gasteiger partial charge < -0.3 is 16.4 Å². The molecule has 0 saturated heterocycles. The average molecular weight is 390 g/mol. The number of hydrogen-bond acceptors (Lipinski definition) is 4. The minimum absolute atomic E-state index is 0.00284. The van der Waals surface area contributed by atoms with Gasteiger partial charge in [-0.15, -0.1) is 0 Å². The van der Waals surface area contributed by atoms with Gasteiger partial charge in [-0.1, -0.05) is 24.3 Å². The topological polar surface area (TPSA) is 130 Å². The zero-order chi connectivity index (χ0) is 20.0. The summed E-state index contributed by atoms with van der Waals surface area (Å²) in [5.74, 6) is -0.319. The first-order valence-corrected chi connectivity index (χ1v) is 10.0. The molecule has 0 bridgehead atoms. The Hall–Kier alpha value is -3.07. The predicted octanol–water partition coefficient (Wildman–Crippen LogP) is 2.10. The molecular formula is C18H22N4O4S. The van der Waals surface area contributed by atoms with Crippen molar-refractivity contribution in [3.63, 3.8) is 0 Å². The zero-order valence-electron chi connectivity index (χ0n) is 15.0. The van der Waals surface area contributed by atoms with E-state index >= 15 is 0 Å². The van der Waals surface area contributed by atoms with Crippen LogP contribution in [0.2, 0.25) is 0 Å². The maximum atomic E-state index is 12.4. The number of amides is 3. The summed E-state index contributed by atoms with van der Waals surface area (Å²) in [4.78, 5) is 23.7. The van der Waals surface area contributed by atoms with E-state index in [0.29, 0.717) is 11.4 Å². The van der Waals surface area contributed by atoms with E-state index in [2.05, 4.69) is 15.4 Å². The molecule has 3 amide bonds. The monoisotopic (exact) mass is 390 g/mol. The summed E-state index contributed by atoms with van der Waals surface area (Å²) in [6.45, 7) is 1.89. The fourth-order valence-electron chi connectivity index (χ4n) is 2.62. The van der Waals surface area contributed by atoms with Gasteiger partial charge in [-0.25, -0.2) is 13.2 Å². The van der Waals surface area contributed by atoms with Gasteiger partial charge in [0.15, 0.2) is 0 Å². The van der Waals surface area contributed by atoms with Gasteiger partial charge in [-0.2, -0.15) is 0 Å². The third kappa shape index (κ3) is 6.63. The van der Waals surface area contributed by atoms with E-state index in [0.717, 1.165) is 17.4 Å². The molecule has 5 N–H and O–H groups in total. The largest absolute Gasteiger partial charge is 0.352 e. The van der Waals surface area contributed by atoms with Gasteiger partial charge in [0.05, 0.1) is 18.7 Å². The number of aryl methyl sites for hydroxylation is 1. The van der Waals surface area contributed by atoms with Crippen molar-refractivity contribution in [3.05, 3.63) is 59.7 Å². The Morgan fingerprint density at radius 2 is 1.63 bits per heavy atom. The SMILES string of the molecule is Cc1ccccc1C(CC(=O)Nc1ccc(NS(C)(=O)=O)cc1)NC(N)=O. The summed E-state index contributed by atoms with van der Waals surface area (Å²) >= 11 is 0. The van der Waals surface area contributed by atoms with Crippen LogP contribution in [-0.4, -0.2) is 26.6 Å². The van der Waals surface area contributed by atoms with Gasteiger partial charge in [0.25, 0.3) is 0 Å². The number of nitrogens with two attached hydrogens (primary N) is 1. The standard InChI is InChI=1S/C18H22N4O4S/c1-12-5-3-4-6-15(12)16(21-18(19)24)11-17(23)20-13-7-9-14(10-8-13)22-27(2,25)26/h3-10,16,22H,11H2,1-2H3,(H,20,23)(H3,19,21,24). The van der Waals surface area contributed by atoms with Crippen molar-refractivity contribution in [2.75, 3.05) is 16.3 Å². The maximum Gasteiger partial charge on any atom is 0.312 e. The highest BCUT2D eigenvalue weighted by Crippen LogP contribution is 2.22. The van der Waals surface area contributed by atoms with Gasteiger partial charge in [0, 0.05) is 11.4 Å². The number of urea groups is 1. The molecule has 0 aliphatic heterocycles. The minimum Gasteiger partial charge on any atom is -0.352 e. The number of anilines is 2. The first-order chi connectivity index (χ1) is 12.6. The predicted molar refractivity (Wildman–Crippen MR) is 105 cm³/mol. The van der Waals surface area contributed by atoms with Crippen LogP contribution >= 0.6 is 0 Å². The molecule has 9 heteroatoms.